The highest BCUT2D eigenvalue weighted by Gasteiger charge is 2.56. The Morgan fingerprint density at radius 1 is 1.24 bits per heavy atom. The topological polar surface area (TPSA) is 181 Å². The molecule has 0 unspecified atom stereocenters. The number of aromatic nitrogens is 2. The van der Waals surface area contributed by atoms with Crippen molar-refractivity contribution in [3.63, 3.8) is 0 Å². The number of Topliss-reactive ketones (excluding diaryl/α,β-unsaturated/α-hetero) is 2. The van der Waals surface area contributed by atoms with Gasteiger partial charge in [-0.15, -0.1) is 0 Å². The van der Waals surface area contributed by atoms with Crippen molar-refractivity contribution in [1.29, 1.82) is 0 Å². The molecule has 1 saturated heterocycles. The standard InChI is InChI=1S/C25H24N4O8/c1-9-20(33)18(11(3)30)22-19(21(9)34)25(4)14(36-22)7-13(31)17(23(25)35)10(2)26-8-15-28-24(37-29-15)12-5-6-16(32)27-12/h7,12,26,33-34H,5-6,8H2,1-4H3,(H,27,32)/b17-10+/t12-,25+/m1/s1. The molecular formula is C25H24N4O8. The molecule has 37 heavy (non-hydrogen) atoms. The van der Waals surface area contributed by atoms with Crippen LogP contribution in [0.3, 0.4) is 0 Å². The largest absolute Gasteiger partial charge is 0.507 e. The predicted octanol–water partition coefficient (Wildman–Crippen LogP) is 1.69. The molecule has 0 spiro atoms. The lowest BCUT2D eigenvalue weighted by Gasteiger charge is -2.29. The van der Waals surface area contributed by atoms with Gasteiger partial charge in [0.15, 0.2) is 23.2 Å². The smallest absolute Gasteiger partial charge is 0.249 e. The molecule has 0 radical (unpaired) electrons. The van der Waals surface area contributed by atoms with E-state index in [0.717, 1.165) is 6.08 Å². The van der Waals surface area contributed by atoms with Crippen LogP contribution in [0.2, 0.25) is 0 Å². The number of phenols is 2. The van der Waals surface area contributed by atoms with Crippen molar-refractivity contribution in [3.05, 3.63) is 51.5 Å². The van der Waals surface area contributed by atoms with Gasteiger partial charge in [0, 0.05) is 23.8 Å². The highest BCUT2D eigenvalue weighted by Crippen LogP contribution is 2.57. The van der Waals surface area contributed by atoms with E-state index >= 15 is 0 Å². The molecule has 3 heterocycles. The summed E-state index contributed by atoms with van der Waals surface area (Å²) in [6, 6.07) is -0.351. The molecule has 3 aliphatic rings. The third-order valence-corrected chi connectivity index (χ3v) is 7.05. The number of carbonyl (C=O) groups is 4. The summed E-state index contributed by atoms with van der Waals surface area (Å²) >= 11 is 0. The third-order valence-electron chi connectivity index (χ3n) is 7.05. The van der Waals surface area contributed by atoms with Crippen molar-refractivity contribution in [2.75, 3.05) is 0 Å². The van der Waals surface area contributed by atoms with Gasteiger partial charge < -0.3 is 30.1 Å². The highest BCUT2D eigenvalue weighted by molar-refractivity contribution is 6.31. The molecule has 12 heteroatoms. The van der Waals surface area contributed by atoms with E-state index in [9.17, 15) is 29.4 Å². The minimum absolute atomic E-state index is 0.0171. The van der Waals surface area contributed by atoms with Crippen LogP contribution in [0.25, 0.3) is 0 Å². The van der Waals surface area contributed by atoms with E-state index in [-0.39, 0.29) is 69.7 Å². The Balaban J connectivity index is 1.48. The Labute approximate surface area is 210 Å². The summed E-state index contributed by atoms with van der Waals surface area (Å²) < 4.78 is 11.0. The third kappa shape index (κ3) is 3.51. The van der Waals surface area contributed by atoms with Gasteiger partial charge in [-0.25, -0.2) is 0 Å². The number of allylic oxidation sites excluding steroid dienone is 4. The van der Waals surface area contributed by atoms with Crippen LogP contribution in [-0.4, -0.2) is 43.6 Å². The zero-order chi connectivity index (χ0) is 26.8. The fraction of sp³-hybridized carbons (Fsp3) is 0.360. The number of hydrogen-bond acceptors (Lipinski definition) is 11. The number of nitrogens with zero attached hydrogens (tertiary/aromatic N) is 2. The summed E-state index contributed by atoms with van der Waals surface area (Å²) in [7, 11) is 0. The fourth-order valence-electron chi connectivity index (χ4n) is 4.94. The van der Waals surface area contributed by atoms with Gasteiger partial charge in [0.1, 0.15) is 40.0 Å². The first-order chi connectivity index (χ1) is 17.4. The Hall–Kier alpha value is -4.48. The van der Waals surface area contributed by atoms with Gasteiger partial charge >= 0.3 is 0 Å². The van der Waals surface area contributed by atoms with Crippen LogP contribution in [0.15, 0.2) is 27.6 Å². The van der Waals surface area contributed by atoms with Crippen molar-refractivity contribution in [2.45, 2.75) is 58.5 Å². The molecule has 5 rings (SSSR count). The lowest BCUT2D eigenvalue weighted by molar-refractivity contribution is -0.124. The van der Waals surface area contributed by atoms with Gasteiger partial charge in [-0.2, -0.15) is 4.98 Å². The number of benzene rings is 1. The number of ether oxygens (including phenoxy) is 1. The van der Waals surface area contributed by atoms with Crippen LogP contribution in [0.1, 0.15) is 72.9 Å². The van der Waals surface area contributed by atoms with E-state index < -0.39 is 34.3 Å². The maximum atomic E-state index is 13.8. The van der Waals surface area contributed by atoms with Gasteiger partial charge in [0.05, 0.1) is 17.7 Å². The Morgan fingerprint density at radius 2 is 1.97 bits per heavy atom. The van der Waals surface area contributed by atoms with Crippen LogP contribution in [0.4, 0.5) is 0 Å². The second kappa shape index (κ2) is 8.29. The maximum absolute atomic E-state index is 13.8. The number of ketones is 3. The number of hydrogen-bond donors (Lipinski definition) is 4. The van der Waals surface area contributed by atoms with Crippen molar-refractivity contribution in [1.82, 2.24) is 20.8 Å². The molecule has 0 saturated carbocycles. The van der Waals surface area contributed by atoms with Crippen LogP contribution in [0.5, 0.6) is 17.2 Å². The van der Waals surface area contributed by atoms with Gasteiger partial charge in [-0.3, -0.25) is 19.2 Å². The number of nitrogens with one attached hydrogen (secondary N) is 2. The van der Waals surface area contributed by atoms with Crippen molar-refractivity contribution in [3.8, 4) is 17.2 Å². The quantitative estimate of drug-likeness (QED) is 0.262. The summed E-state index contributed by atoms with van der Waals surface area (Å²) in [5.74, 6) is -2.38. The first kappa shape index (κ1) is 24.2. The van der Waals surface area contributed by atoms with E-state index in [4.69, 9.17) is 9.26 Å². The van der Waals surface area contributed by atoms with E-state index in [2.05, 4.69) is 20.8 Å². The van der Waals surface area contributed by atoms with E-state index in [1.165, 1.54) is 20.8 Å². The number of phenolic OH excluding ortho intramolecular Hbond substituents is 2. The molecule has 1 amide bonds. The zero-order valence-corrected chi connectivity index (χ0v) is 20.5. The molecule has 1 aromatic heterocycles. The average molecular weight is 508 g/mol. The molecule has 1 aliphatic carbocycles. The first-order valence-electron chi connectivity index (χ1n) is 11.6. The average Bonchev–Trinajstić information content (AvgIpc) is 3.54. The Morgan fingerprint density at radius 3 is 2.62 bits per heavy atom. The number of fused-ring (bicyclic) bond motifs is 3. The van der Waals surface area contributed by atoms with Crippen molar-refractivity contribution < 1.29 is 38.7 Å². The zero-order valence-electron chi connectivity index (χ0n) is 20.5. The lowest BCUT2D eigenvalue weighted by atomic mass is 9.70. The molecule has 2 aliphatic heterocycles. The van der Waals surface area contributed by atoms with Gasteiger partial charge in [-0.05, 0) is 34.1 Å². The van der Waals surface area contributed by atoms with Crippen molar-refractivity contribution >= 4 is 23.3 Å². The van der Waals surface area contributed by atoms with Crippen LogP contribution < -0.4 is 15.4 Å². The van der Waals surface area contributed by atoms with Crippen LogP contribution >= 0.6 is 0 Å². The predicted molar refractivity (Wildman–Crippen MR) is 125 cm³/mol. The molecule has 12 nitrogen and oxygen atoms in total. The van der Waals surface area contributed by atoms with E-state index in [1.54, 1.807) is 6.92 Å². The molecule has 1 aromatic carbocycles. The molecule has 2 aromatic rings. The number of carbonyl (C=O) groups excluding carboxylic acids is 4. The molecule has 192 valence electrons. The maximum Gasteiger partial charge on any atom is 0.249 e. The van der Waals surface area contributed by atoms with Crippen molar-refractivity contribution in [2.24, 2.45) is 0 Å². The lowest BCUT2D eigenvalue weighted by Crippen LogP contribution is -2.41. The monoisotopic (exact) mass is 508 g/mol. The van der Waals surface area contributed by atoms with Gasteiger partial charge in [0.25, 0.3) is 0 Å². The molecular weight excluding hydrogens is 484 g/mol. The second-order valence-corrected chi connectivity index (χ2v) is 9.45. The van der Waals surface area contributed by atoms with Crippen LogP contribution in [0, 0.1) is 6.92 Å². The molecule has 1 fully saturated rings. The highest BCUT2D eigenvalue weighted by atomic mass is 16.5. The van der Waals surface area contributed by atoms with Crippen LogP contribution in [-0.2, 0) is 26.3 Å². The number of aromatic hydroxyl groups is 2. The summed E-state index contributed by atoms with van der Waals surface area (Å²) in [5.41, 5.74) is -1.66. The van der Waals surface area contributed by atoms with Gasteiger partial charge in [0.2, 0.25) is 11.8 Å². The minimum Gasteiger partial charge on any atom is -0.507 e. The molecule has 4 N–H and O–H groups in total. The normalized spacial score (nSPS) is 23.7. The Bertz CT molecular complexity index is 1480. The SMILES string of the molecule is CC(=O)c1c(O)c(C)c(O)c2c1OC1=CC(=O)/C(=C(/C)NCc3noc([C@H]4CCC(=O)N4)n3)C(=O)[C@@]12C. The summed E-state index contributed by atoms with van der Waals surface area (Å²) in [5, 5.41) is 30.9. The first-order valence-corrected chi connectivity index (χ1v) is 11.6. The fourth-order valence-corrected chi connectivity index (χ4v) is 4.94. The number of rotatable bonds is 5. The summed E-state index contributed by atoms with van der Waals surface area (Å²) in [6.07, 6.45) is 2.07. The molecule has 2 atom stereocenters. The minimum atomic E-state index is -1.60. The summed E-state index contributed by atoms with van der Waals surface area (Å²) in [4.78, 5) is 54.8. The van der Waals surface area contributed by atoms with E-state index in [0.29, 0.717) is 12.8 Å². The number of amides is 1. The second-order valence-electron chi connectivity index (χ2n) is 9.45. The van der Waals surface area contributed by atoms with E-state index in [1.807, 2.05) is 0 Å². The van der Waals surface area contributed by atoms with Gasteiger partial charge in [-0.1, -0.05) is 5.16 Å². The molecule has 0 bridgehead atoms. The summed E-state index contributed by atoms with van der Waals surface area (Å²) in [6.45, 7) is 5.72. The Kier molecular flexibility index (Phi) is 5.43.